The first kappa shape index (κ1) is 19.3. The summed E-state index contributed by atoms with van der Waals surface area (Å²) in [6, 6.07) is 12.2. The van der Waals surface area contributed by atoms with Crippen molar-refractivity contribution < 1.29 is 18.7 Å². The standard InChI is InChI=1S/C19H17FN4O3S/c1-27-16-8-3-2-7-15(16)23-18(26)24-19-22-14(11-28-19)10-17(25)21-13-6-4-5-12(20)9-13/h2-9,11H,10H2,1H3,(H,21,25)(H2,22,23,24,26). The number of ether oxygens (including phenoxy) is 1. The first-order valence-corrected chi connectivity index (χ1v) is 9.12. The Morgan fingerprint density at radius 2 is 1.93 bits per heavy atom. The van der Waals surface area contributed by atoms with Gasteiger partial charge < -0.3 is 15.4 Å². The van der Waals surface area contributed by atoms with Crippen molar-refractivity contribution in [3.8, 4) is 5.75 Å². The lowest BCUT2D eigenvalue weighted by molar-refractivity contribution is -0.115. The molecular weight excluding hydrogens is 383 g/mol. The molecule has 0 fully saturated rings. The number of carbonyl (C=O) groups is 2. The molecule has 0 spiro atoms. The monoisotopic (exact) mass is 400 g/mol. The average Bonchev–Trinajstić information content (AvgIpc) is 3.08. The molecule has 0 bridgehead atoms. The van der Waals surface area contributed by atoms with Crippen molar-refractivity contribution >= 4 is 39.8 Å². The van der Waals surface area contributed by atoms with E-state index in [-0.39, 0.29) is 12.3 Å². The highest BCUT2D eigenvalue weighted by Crippen LogP contribution is 2.23. The van der Waals surface area contributed by atoms with E-state index in [2.05, 4.69) is 20.9 Å². The van der Waals surface area contributed by atoms with Crippen LogP contribution in [0.1, 0.15) is 5.69 Å². The zero-order chi connectivity index (χ0) is 19.9. The molecule has 0 saturated heterocycles. The molecular formula is C19H17FN4O3S. The second-order valence-corrected chi connectivity index (χ2v) is 6.52. The highest BCUT2D eigenvalue weighted by molar-refractivity contribution is 7.14. The number of rotatable bonds is 6. The number of aromatic nitrogens is 1. The Labute approximate surface area is 164 Å². The molecule has 0 aliphatic heterocycles. The Morgan fingerprint density at radius 3 is 2.71 bits per heavy atom. The van der Waals surface area contributed by atoms with Crippen LogP contribution >= 0.6 is 11.3 Å². The van der Waals surface area contributed by atoms with Gasteiger partial charge in [-0.05, 0) is 30.3 Å². The summed E-state index contributed by atoms with van der Waals surface area (Å²) in [4.78, 5) is 28.4. The van der Waals surface area contributed by atoms with E-state index in [0.717, 1.165) is 0 Å². The van der Waals surface area contributed by atoms with E-state index in [9.17, 15) is 14.0 Å². The largest absolute Gasteiger partial charge is 0.495 e. The molecule has 2 aromatic carbocycles. The van der Waals surface area contributed by atoms with E-state index in [1.807, 2.05) is 0 Å². The molecule has 3 amide bonds. The van der Waals surface area contributed by atoms with Gasteiger partial charge in [0.05, 0.1) is 24.9 Å². The molecule has 0 unspecified atom stereocenters. The molecule has 144 valence electrons. The van der Waals surface area contributed by atoms with Crippen molar-refractivity contribution in [2.75, 3.05) is 23.1 Å². The van der Waals surface area contributed by atoms with Crippen LogP contribution in [0.2, 0.25) is 0 Å². The van der Waals surface area contributed by atoms with E-state index >= 15 is 0 Å². The first-order valence-electron chi connectivity index (χ1n) is 8.24. The van der Waals surface area contributed by atoms with Gasteiger partial charge in [0.2, 0.25) is 5.91 Å². The smallest absolute Gasteiger partial charge is 0.325 e. The van der Waals surface area contributed by atoms with Gasteiger partial charge in [-0.15, -0.1) is 11.3 Å². The van der Waals surface area contributed by atoms with Crippen LogP contribution in [0.4, 0.5) is 25.7 Å². The number of urea groups is 1. The topological polar surface area (TPSA) is 92.3 Å². The molecule has 28 heavy (non-hydrogen) atoms. The van der Waals surface area contributed by atoms with Gasteiger partial charge in [-0.3, -0.25) is 10.1 Å². The fourth-order valence-electron chi connectivity index (χ4n) is 2.38. The number of para-hydroxylation sites is 2. The lowest BCUT2D eigenvalue weighted by Crippen LogP contribution is -2.20. The van der Waals surface area contributed by atoms with Gasteiger partial charge in [0.15, 0.2) is 5.13 Å². The number of hydrogen-bond acceptors (Lipinski definition) is 5. The van der Waals surface area contributed by atoms with Gasteiger partial charge in [-0.1, -0.05) is 18.2 Å². The molecule has 0 radical (unpaired) electrons. The van der Waals surface area contributed by atoms with Gasteiger partial charge >= 0.3 is 6.03 Å². The number of halogens is 1. The van der Waals surface area contributed by atoms with Crippen LogP contribution in [0.25, 0.3) is 0 Å². The normalized spacial score (nSPS) is 10.2. The molecule has 0 atom stereocenters. The zero-order valence-corrected chi connectivity index (χ0v) is 15.7. The van der Waals surface area contributed by atoms with Crippen LogP contribution in [-0.2, 0) is 11.2 Å². The van der Waals surface area contributed by atoms with E-state index in [1.165, 1.54) is 36.6 Å². The van der Waals surface area contributed by atoms with Crippen LogP contribution in [0, 0.1) is 5.82 Å². The molecule has 7 nitrogen and oxygen atoms in total. The quantitative estimate of drug-likeness (QED) is 0.580. The van der Waals surface area contributed by atoms with Crippen molar-refractivity contribution in [2.24, 2.45) is 0 Å². The highest BCUT2D eigenvalue weighted by atomic mass is 32.1. The number of carbonyl (C=O) groups excluding carboxylic acids is 2. The SMILES string of the molecule is COc1ccccc1NC(=O)Nc1nc(CC(=O)Nc2cccc(F)c2)cs1. The Morgan fingerprint density at radius 1 is 1.11 bits per heavy atom. The van der Waals surface area contributed by atoms with E-state index in [4.69, 9.17) is 4.74 Å². The molecule has 3 rings (SSSR count). The number of thiazole rings is 1. The van der Waals surface area contributed by atoms with Crippen molar-refractivity contribution in [1.82, 2.24) is 4.98 Å². The third-order valence-electron chi connectivity index (χ3n) is 3.58. The van der Waals surface area contributed by atoms with E-state index < -0.39 is 11.8 Å². The van der Waals surface area contributed by atoms with Gasteiger partial charge in [0.25, 0.3) is 0 Å². The molecule has 1 aromatic heterocycles. The summed E-state index contributed by atoms with van der Waals surface area (Å²) in [5.74, 6) is -0.230. The van der Waals surface area contributed by atoms with Crippen molar-refractivity contribution in [1.29, 1.82) is 0 Å². The number of anilines is 3. The van der Waals surface area contributed by atoms with Crippen LogP contribution in [-0.4, -0.2) is 24.0 Å². The maximum Gasteiger partial charge on any atom is 0.325 e. The molecule has 1 heterocycles. The number of amides is 3. The fraction of sp³-hybridized carbons (Fsp3) is 0.105. The predicted octanol–water partition coefficient (Wildman–Crippen LogP) is 4.12. The summed E-state index contributed by atoms with van der Waals surface area (Å²) in [5.41, 5.74) is 1.38. The summed E-state index contributed by atoms with van der Waals surface area (Å²) in [6.07, 6.45) is 0.00280. The number of nitrogens with one attached hydrogen (secondary N) is 3. The van der Waals surface area contributed by atoms with Crippen molar-refractivity contribution in [3.63, 3.8) is 0 Å². The number of nitrogens with zero attached hydrogens (tertiary/aromatic N) is 1. The molecule has 0 aliphatic carbocycles. The average molecular weight is 400 g/mol. The van der Waals surface area contributed by atoms with Crippen LogP contribution in [0.15, 0.2) is 53.9 Å². The molecule has 0 aliphatic rings. The molecule has 0 saturated carbocycles. The Kier molecular flexibility index (Phi) is 6.18. The molecule has 3 aromatic rings. The number of hydrogen-bond donors (Lipinski definition) is 3. The number of methoxy groups -OCH3 is 1. The van der Waals surface area contributed by atoms with Crippen molar-refractivity contribution in [2.45, 2.75) is 6.42 Å². The minimum atomic E-state index is -0.477. The summed E-state index contributed by atoms with van der Waals surface area (Å²) in [6.45, 7) is 0. The minimum Gasteiger partial charge on any atom is -0.495 e. The van der Waals surface area contributed by atoms with Crippen LogP contribution in [0.3, 0.4) is 0 Å². The molecule has 3 N–H and O–H groups in total. The summed E-state index contributed by atoms with van der Waals surface area (Å²) in [7, 11) is 1.51. The highest BCUT2D eigenvalue weighted by Gasteiger charge is 2.12. The predicted molar refractivity (Wildman–Crippen MR) is 106 cm³/mol. The second-order valence-electron chi connectivity index (χ2n) is 5.66. The lowest BCUT2D eigenvalue weighted by atomic mass is 10.3. The second kappa shape index (κ2) is 8.96. The number of benzene rings is 2. The minimum absolute atomic E-state index is 0.00280. The van der Waals surface area contributed by atoms with Gasteiger partial charge in [-0.25, -0.2) is 14.2 Å². The fourth-order valence-corrected chi connectivity index (χ4v) is 3.09. The Bertz CT molecular complexity index is 993. The maximum absolute atomic E-state index is 13.2. The van der Waals surface area contributed by atoms with Gasteiger partial charge in [0, 0.05) is 11.1 Å². The lowest BCUT2D eigenvalue weighted by Gasteiger charge is -2.09. The Balaban J connectivity index is 1.55. The van der Waals surface area contributed by atoms with Gasteiger partial charge in [-0.2, -0.15) is 0 Å². The summed E-state index contributed by atoms with van der Waals surface area (Å²) >= 11 is 1.19. The van der Waals surface area contributed by atoms with E-state index in [1.54, 1.807) is 35.7 Å². The molecule has 9 heteroatoms. The third kappa shape index (κ3) is 5.27. The van der Waals surface area contributed by atoms with E-state index in [0.29, 0.717) is 27.9 Å². The van der Waals surface area contributed by atoms with Crippen LogP contribution in [0.5, 0.6) is 5.75 Å². The third-order valence-corrected chi connectivity index (χ3v) is 4.38. The zero-order valence-electron chi connectivity index (χ0n) is 14.9. The first-order chi connectivity index (χ1) is 13.5. The summed E-state index contributed by atoms with van der Waals surface area (Å²) in [5, 5.41) is 9.91. The van der Waals surface area contributed by atoms with Gasteiger partial charge in [0.1, 0.15) is 11.6 Å². The van der Waals surface area contributed by atoms with Crippen molar-refractivity contribution in [3.05, 3.63) is 65.4 Å². The maximum atomic E-state index is 13.2. The van der Waals surface area contributed by atoms with Crippen LogP contribution < -0.4 is 20.7 Å². The summed E-state index contributed by atoms with van der Waals surface area (Å²) < 4.78 is 18.3. The Hall–Kier alpha value is -3.46.